The van der Waals surface area contributed by atoms with Crippen LogP contribution in [0.2, 0.25) is 0 Å². The van der Waals surface area contributed by atoms with E-state index in [0.29, 0.717) is 5.92 Å². The number of rotatable bonds is 4. The lowest BCUT2D eigenvalue weighted by Crippen LogP contribution is -2.40. The third-order valence-electron chi connectivity index (χ3n) is 4.89. The summed E-state index contributed by atoms with van der Waals surface area (Å²) in [4.78, 5) is 26.7. The van der Waals surface area contributed by atoms with E-state index in [2.05, 4.69) is 19.2 Å². The van der Waals surface area contributed by atoms with E-state index in [1.807, 2.05) is 55.5 Å². The van der Waals surface area contributed by atoms with Crippen molar-refractivity contribution in [1.82, 2.24) is 10.2 Å². The highest BCUT2D eigenvalue weighted by molar-refractivity contribution is 6.07. The van der Waals surface area contributed by atoms with Crippen LogP contribution in [0.5, 0.6) is 0 Å². The Balaban J connectivity index is 1.85. The van der Waals surface area contributed by atoms with Crippen LogP contribution >= 0.6 is 0 Å². The summed E-state index contributed by atoms with van der Waals surface area (Å²) in [6.07, 6.45) is 0. The number of nitrogens with zero attached hydrogens (tertiary/aromatic N) is 1. The molecule has 1 atom stereocenters. The summed E-state index contributed by atoms with van der Waals surface area (Å²) < 4.78 is 0. The zero-order valence-corrected chi connectivity index (χ0v) is 15.2. The predicted octanol–water partition coefficient (Wildman–Crippen LogP) is 4.09. The highest BCUT2D eigenvalue weighted by Gasteiger charge is 2.48. The summed E-state index contributed by atoms with van der Waals surface area (Å²) in [5.41, 5.74) is 3.09. The number of urea groups is 1. The Kier molecular flexibility index (Phi) is 4.38. The zero-order valence-electron chi connectivity index (χ0n) is 15.2. The SMILES string of the molecule is Cc1ccc(CN2C(=O)NC(C)(c3ccc(C(C)C)cc3)C2=O)cc1. The third-order valence-corrected chi connectivity index (χ3v) is 4.89. The van der Waals surface area contributed by atoms with Gasteiger partial charge in [0.05, 0.1) is 6.54 Å². The molecule has 0 spiro atoms. The molecule has 4 nitrogen and oxygen atoms in total. The molecule has 1 aliphatic heterocycles. The maximum atomic E-state index is 13.0. The minimum Gasteiger partial charge on any atom is -0.319 e. The molecule has 1 heterocycles. The summed E-state index contributed by atoms with van der Waals surface area (Å²) >= 11 is 0. The van der Waals surface area contributed by atoms with E-state index in [-0.39, 0.29) is 18.5 Å². The molecule has 2 aromatic carbocycles. The van der Waals surface area contributed by atoms with E-state index in [1.165, 1.54) is 10.5 Å². The zero-order chi connectivity index (χ0) is 18.2. The maximum absolute atomic E-state index is 13.0. The Hall–Kier alpha value is -2.62. The molecule has 0 aliphatic carbocycles. The molecule has 1 fully saturated rings. The number of amides is 3. The number of aryl methyl sites for hydroxylation is 1. The Labute approximate surface area is 148 Å². The second kappa shape index (κ2) is 6.36. The van der Waals surface area contributed by atoms with Gasteiger partial charge in [-0.25, -0.2) is 4.79 Å². The number of carbonyl (C=O) groups is 2. The summed E-state index contributed by atoms with van der Waals surface area (Å²) in [6.45, 7) is 8.32. The summed E-state index contributed by atoms with van der Waals surface area (Å²) in [6, 6.07) is 15.4. The molecule has 0 bridgehead atoms. The van der Waals surface area contributed by atoms with E-state index >= 15 is 0 Å². The van der Waals surface area contributed by atoms with Crippen molar-refractivity contribution in [2.45, 2.75) is 45.7 Å². The van der Waals surface area contributed by atoms with Crippen LogP contribution in [0.25, 0.3) is 0 Å². The summed E-state index contributed by atoms with van der Waals surface area (Å²) in [5.74, 6) is 0.212. The molecule has 1 N–H and O–H groups in total. The lowest BCUT2D eigenvalue weighted by Gasteiger charge is -2.23. The highest BCUT2D eigenvalue weighted by Crippen LogP contribution is 2.30. The van der Waals surface area contributed by atoms with Gasteiger partial charge in [-0.15, -0.1) is 0 Å². The van der Waals surface area contributed by atoms with Gasteiger partial charge >= 0.3 is 6.03 Å². The molecule has 0 radical (unpaired) electrons. The number of carbonyl (C=O) groups excluding carboxylic acids is 2. The second-order valence-corrected chi connectivity index (χ2v) is 7.21. The van der Waals surface area contributed by atoms with Crippen molar-refractivity contribution in [2.24, 2.45) is 0 Å². The van der Waals surface area contributed by atoms with Gasteiger partial charge in [-0.3, -0.25) is 9.69 Å². The minimum atomic E-state index is -1.02. The van der Waals surface area contributed by atoms with Gasteiger partial charge in [0.2, 0.25) is 0 Å². The molecule has 0 aromatic heterocycles. The topological polar surface area (TPSA) is 49.4 Å². The van der Waals surface area contributed by atoms with Crippen LogP contribution in [0.3, 0.4) is 0 Å². The molecule has 1 aliphatic rings. The number of hydrogen-bond donors (Lipinski definition) is 1. The molecular weight excluding hydrogens is 312 g/mol. The van der Waals surface area contributed by atoms with Gasteiger partial charge in [0.15, 0.2) is 0 Å². The minimum absolute atomic E-state index is 0.213. The van der Waals surface area contributed by atoms with Gasteiger partial charge in [-0.1, -0.05) is 67.9 Å². The molecule has 4 heteroatoms. The van der Waals surface area contributed by atoms with Gasteiger partial charge in [0, 0.05) is 0 Å². The molecule has 3 amide bonds. The highest BCUT2D eigenvalue weighted by atomic mass is 16.2. The van der Waals surface area contributed by atoms with Crippen LogP contribution in [-0.2, 0) is 16.9 Å². The predicted molar refractivity (Wildman–Crippen MR) is 98.1 cm³/mol. The first-order valence-electron chi connectivity index (χ1n) is 8.61. The fourth-order valence-corrected chi connectivity index (χ4v) is 3.11. The summed E-state index contributed by atoms with van der Waals surface area (Å²) in [5, 5.41) is 2.86. The molecule has 0 saturated carbocycles. The lowest BCUT2D eigenvalue weighted by atomic mass is 9.90. The first kappa shape index (κ1) is 17.2. The monoisotopic (exact) mass is 336 g/mol. The largest absolute Gasteiger partial charge is 0.325 e. The first-order valence-corrected chi connectivity index (χ1v) is 8.61. The van der Waals surface area contributed by atoms with Crippen molar-refractivity contribution in [2.75, 3.05) is 0 Å². The Morgan fingerprint density at radius 3 is 2.16 bits per heavy atom. The van der Waals surface area contributed by atoms with E-state index in [0.717, 1.165) is 16.7 Å². The smallest absolute Gasteiger partial charge is 0.319 e. The molecule has 2 aromatic rings. The van der Waals surface area contributed by atoms with Crippen molar-refractivity contribution in [3.8, 4) is 0 Å². The average molecular weight is 336 g/mol. The van der Waals surface area contributed by atoms with E-state index in [1.54, 1.807) is 6.92 Å². The normalized spacial score (nSPS) is 20.3. The van der Waals surface area contributed by atoms with Crippen molar-refractivity contribution in [3.05, 3.63) is 70.8 Å². The van der Waals surface area contributed by atoms with Crippen molar-refractivity contribution in [1.29, 1.82) is 0 Å². The lowest BCUT2D eigenvalue weighted by molar-refractivity contribution is -0.131. The van der Waals surface area contributed by atoms with Gasteiger partial charge in [-0.05, 0) is 36.5 Å². The van der Waals surface area contributed by atoms with Crippen LogP contribution in [0, 0.1) is 6.92 Å². The van der Waals surface area contributed by atoms with Crippen LogP contribution in [0.1, 0.15) is 48.9 Å². The van der Waals surface area contributed by atoms with Crippen LogP contribution in [0.4, 0.5) is 4.79 Å². The van der Waals surface area contributed by atoms with Crippen molar-refractivity contribution in [3.63, 3.8) is 0 Å². The molecular formula is C21H24N2O2. The molecule has 1 unspecified atom stereocenters. The Morgan fingerprint density at radius 2 is 1.60 bits per heavy atom. The van der Waals surface area contributed by atoms with Crippen LogP contribution in [0.15, 0.2) is 48.5 Å². The van der Waals surface area contributed by atoms with E-state index in [9.17, 15) is 9.59 Å². The van der Waals surface area contributed by atoms with E-state index < -0.39 is 5.54 Å². The maximum Gasteiger partial charge on any atom is 0.325 e. The number of nitrogens with one attached hydrogen (secondary N) is 1. The number of benzene rings is 2. The van der Waals surface area contributed by atoms with Gasteiger partial charge in [0.1, 0.15) is 5.54 Å². The number of imide groups is 1. The van der Waals surface area contributed by atoms with Crippen LogP contribution < -0.4 is 5.32 Å². The van der Waals surface area contributed by atoms with Gasteiger partial charge in [0.25, 0.3) is 5.91 Å². The molecule has 130 valence electrons. The Morgan fingerprint density at radius 1 is 1.00 bits per heavy atom. The average Bonchev–Trinajstić information content (AvgIpc) is 2.81. The fourth-order valence-electron chi connectivity index (χ4n) is 3.11. The van der Waals surface area contributed by atoms with Gasteiger partial charge < -0.3 is 5.32 Å². The van der Waals surface area contributed by atoms with Crippen molar-refractivity contribution >= 4 is 11.9 Å². The molecule has 25 heavy (non-hydrogen) atoms. The third kappa shape index (κ3) is 3.16. The molecule has 1 saturated heterocycles. The van der Waals surface area contributed by atoms with E-state index in [4.69, 9.17) is 0 Å². The molecule has 3 rings (SSSR count). The Bertz CT molecular complexity index is 794. The fraction of sp³-hybridized carbons (Fsp3) is 0.333. The second-order valence-electron chi connectivity index (χ2n) is 7.21. The van der Waals surface area contributed by atoms with Gasteiger partial charge in [-0.2, -0.15) is 0 Å². The van der Waals surface area contributed by atoms with Crippen LogP contribution in [-0.4, -0.2) is 16.8 Å². The standard InChI is InChI=1S/C21H24N2O2/c1-14(2)17-9-11-18(12-10-17)21(4)19(24)23(20(25)22-21)13-16-7-5-15(3)6-8-16/h5-12,14H,13H2,1-4H3,(H,22,25). The first-order chi connectivity index (χ1) is 11.8. The number of hydrogen-bond acceptors (Lipinski definition) is 2. The quantitative estimate of drug-likeness (QED) is 0.855. The van der Waals surface area contributed by atoms with Crippen molar-refractivity contribution < 1.29 is 9.59 Å². The summed E-state index contributed by atoms with van der Waals surface area (Å²) in [7, 11) is 0.